The Bertz CT molecular complexity index is 1110. The smallest absolute Gasteiger partial charge is 0.346 e. The van der Waals surface area contributed by atoms with Crippen LogP contribution in [0.3, 0.4) is 0 Å². The van der Waals surface area contributed by atoms with Gasteiger partial charge in [0.2, 0.25) is 0 Å². The first-order valence-corrected chi connectivity index (χ1v) is 9.41. The van der Waals surface area contributed by atoms with Crippen LogP contribution in [0.15, 0.2) is 72.1 Å². The lowest BCUT2D eigenvalue weighted by Crippen LogP contribution is -2.40. The Labute approximate surface area is 173 Å². The second kappa shape index (κ2) is 7.82. The quantitative estimate of drug-likeness (QED) is 0.506. The molecule has 4 rings (SSSR count). The first kappa shape index (κ1) is 19.4. The van der Waals surface area contributed by atoms with Crippen molar-refractivity contribution >= 4 is 18.2 Å². The van der Waals surface area contributed by atoms with Crippen molar-refractivity contribution in [2.24, 2.45) is 5.10 Å². The van der Waals surface area contributed by atoms with Crippen LogP contribution in [0.5, 0.6) is 5.75 Å². The van der Waals surface area contributed by atoms with E-state index >= 15 is 0 Å². The van der Waals surface area contributed by atoms with Gasteiger partial charge in [-0.3, -0.25) is 9.48 Å². The summed E-state index contributed by atoms with van der Waals surface area (Å²) in [5.41, 5.74) is 1.20. The van der Waals surface area contributed by atoms with E-state index in [0.717, 1.165) is 10.6 Å². The molecule has 3 aromatic rings. The van der Waals surface area contributed by atoms with Crippen LogP contribution in [-0.2, 0) is 16.9 Å². The fourth-order valence-corrected chi connectivity index (χ4v) is 3.29. The van der Waals surface area contributed by atoms with Crippen LogP contribution < -0.4 is 10.1 Å². The number of hydrogen-bond acceptors (Lipinski definition) is 5. The zero-order valence-corrected chi connectivity index (χ0v) is 16.6. The molecule has 1 aliphatic heterocycles. The largest absolute Gasteiger partial charge is 0.497 e. The second-order valence-corrected chi connectivity index (χ2v) is 7.11. The maximum absolute atomic E-state index is 13.0. The summed E-state index contributed by atoms with van der Waals surface area (Å²) in [5, 5.41) is 12.0. The van der Waals surface area contributed by atoms with Gasteiger partial charge in [0.15, 0.2) is 0 Å². The normalized spacial score (nSPS) is 18.8. The topological polar surface area (TPSA) is 88.8 Å². The van der Waals surface area contributed by atoms with E-state index in [-0.39, 0.29) is 0 Å². The van der Waals surface area contributed by atoms with Crippen molar-refractivity contribution in [1.82, 2.24) is 20.1 Å². The van der Waals surface area contributed by atoms with E-state index < -0.39 is 17.5 Å². The summed E-state index contributed by atoms with van der Waals surface area (Å²) in [7, 11) is 1.55. The Morgan fingerprint density at radius 3 is 2.73 bits per heavy atom. The number of nitrogens with zero attached hydrogens (tertiary/aromatic N) is 4. The standard InChI is InChI=1S/C22H21N5O3/c1-22(18-9-6-10-19(11-18)30-2)20(28)27(21(29)25-22)24-13-17-12-23-26(15-17)14-16-7-4-3-5-8-16/h3-13,15H,14H2,1-2H3,(H,25,29)/b24-13-/t22-/m1/s1. The van der Waals surface area contributed by atoms with Crippen LogP contribution in [0.2, 0.25) is 0 Å². The average molecular weight is 403 g/mol. The van der Waals surface area contributed by atoms with E-state index in [4.69, 9.17) is 4.74 Å². The SMILES string of the molecule is COc1cccc([C@@]2(C)NC(=O)N(/N=C\c3cnn(Cc4ccccc4)c3)C2=O)c1. The summed E-state index contributed by atoms with van der Waals surface area (Å²) in [6.45, 7) is 2.27. The van der Waals surface area contributed by atoms with Gasteiger partial charge in [0.1, 0.15) is 11.3 Å². The molecule has 1 saturated heterocycles. The lowest BCUT2D eigenvalue weighted by molar-refractivity contribution is -0.131. The number of urea groups is 1. The Morgan fingerprint density at radius 2 is 1.97 bits per heavy atom. The van der Waals surface area contributed by atoms with Crippen molar-refractivity contribution in [3.63, 3.8) is 0 Å². The molecule has 2 aromatic carbocycles. The van der Waals surface area contributed by atoms with Crippen LogP contribution >= 0.6 is 0 Å². The predicted octanol–water partition coefficient (Wildman–Crippen LogP) is 2.74. The van der Waals surface area contributed by atoms with Crippen LogP contribution in [0.4, 0.5) is 4.79 Å². The number of methoxy groups -OCH3 is 1. The number of imide groups is 1. The van der Waals surface area contributed by atoms with E-state index in [1.807, 2.05) is 30.3 Å². The van der Waals surface area contributed by atoms with E-state index in [1.165, 1.54) is 6.21 Å². The molecule has 0 saturated carbocycles. The number of benzene rings is 2. The number of hydrazone groups is 1. The van der Waals surface area contributed by atoms with Crippen LogP contribution in [0.25, 0.3) is 0 Å². The monoisotopic (exact) mass is 403 g/mol. The Kier molecular flexibility index (Phi) is 5.05. The van der Waals surface area contributed by atoms with Gasteiger partial charge in [-0.2, -0.15) is 10.2 Å². The molecular weight excluding hydrogens is 382 g/mol. The minimum atomic E-state index is -1.22. The highest BCUT2D eigenvalue weighted by Crippen LogP contribution is 2.31. The molecular formula is C22H21N5O3. The second-order valence-electron chi connectivity index (χ2n) is 7.11. The van der Waals surface area contributed by atoms with Crippen LogP contribution in [-0.4, -0.2) is 40.1 Å². The highest BCUT2D eigenvalue weighted by atomic mass is 16.5. The van der Waals surface area contributed by atoms with E-state index in [0.29, 0.717) is 23.4 Å². The van der Waals surface area contributed by atoms with Crippen molar-refractivity contribution in [2.45, 2.75) is 19.0 Å². The van der Waals surface area contributed by atoms with Crippen molar-refractivity contribution in [1.29, 1.82) is 0 Å². The summed E-state index contributed by atoms with van der Waals surface area (Å²) < 4.78 is 6.99. The number of hydrogen-bond donors (Lipinski definition) is 1. The third kappa shape index (κ3) is 3.67. The lowest BCUT2D eigenvalue weighted by atomic mass is 9.92. The molecule has 1 fully saturated rings. The summed E-state index contributed by atoms with van der Waals surface area (Å²) >= 11 is 0. The van der Waals surface area contributed by atoms with E-state index in [1.54, 1.807) is 55.4 Å². The maximum Gasteiger partial charge on any atom is 0.346 e. The minimum absolute atomic E-state index is 0.464. The van der Waals surface area contributed by atoms with Gasteiger partial charge in [-0.25, -0.2) is 4.79 Å². The molecule has 0 unspecified atom stereocenters. The fraction of sp³-hybridized carbons (Fsp3) is 0.182. The van der Waals surface area contributed by atoms with Crippen molar-refractivity contribution in [3.05, 3.63) is 83.7 Å². The summed E-state index contributed by atoms with van der Waals surface area (Å²) in [6.07, 6.45) is 4.88. The van der Waals surface area contributed by atoms with E-state index in [2.05, 4.69) is 15.5 Å². The Balaban J connectivity index is 1.50. The van der Waals surface area contributed by atoms with Crippen LogP contribution in [0, 0.1) is 0 Å². The number of aromatic nitrogens is 2. The number of nitrogens with one attached hydrogen (secondary N) is 1. The summed E-state index contributed by atoms with van der Waals surface area (Å²) in [5.74, 6) is 0.136. The van der Waals surface area contributed by atoms with Gasteiger partial charge in [0, 0.05) is 11.8 Å². The Morgan fingerprint density at radius 1 is 1.17 bits per heavy atom. The minimum Gasteiger partial charge on any atom is -0.497 e. The molecule has 1 aromatic heterocycles. The molecule has 8 nitrogen and oxygen atoms in total. The van der Waals surface area contributed by atoms with Crippen molar-refractivity contribution < 1.29 is 14.3 Å². The summed E-state index contributed by atoms with van der Waals surface area (Å²) in [6, 6.07) is 16.4. The van der Waals surface area contributed by atoms with Gasteiger partial charge in [-0.1, -0.05) is 42.5 Å². The van der Waals surface area contributed by atoms with Crippen molar-refractivity contribution in [2.75, 3.05) is 7.11 Å². The molecule has 0 bridgehead atoms. The number of carbonyl (C=O) groups excluding carboxylic acids is 2. The molecule has 1 aliphatic rings. The molecule has 0 spiro atoms. The molecule has 2 heterocycles. The van der Waals surface area contributed by atoms with Gasteiger partial charge in [-0.15, -0.1) is 5.01 Å². The molecule has 3 amide bonds. The zero-order chi connectivity index (χ0) is 21.1. The molecule has 152 valence electrons. The third-order valence-corrected chi connectivity index (χ3v) is 4.98. The van der Waals surface area contributed by atoms with Gasteiger partial charge in [-0.05, 0) is 30.2 Å². The maximum atomic E-state index is 13.0. The van der Waals surface area contributed by atoms with E-state index in [9.17, 15) is 9.59 Å². The highest BCUT2D eigenvalue weighted by molar-refractivity contribution is 6.07. The molecule has 30 heavy (non-hydrogen) atoms. The molecule has 1 N–H and O–H groups in total. The van der Waals surface area contributed by atoms with Crippen LogP contribution in [0.1, 0.15) is 23.6 Å². The highest BCUT2D eigenvalue weighted by Gasteiger charge is 2.49. The van der Waals surface area contributed by atoms with Gasteiger partial charge < -0.3 is 10.1 Å². The lowest BCUT2D eigenvalue weighted by Gasteiger charge is -2.21. The fourth-order valence-electron chi connectivity index (χ4n) is 3.29. The number of ether oxygens (including phenoxy) is 1. The molecule has 8 heteroatoms. The first-order chi connectivity index (χ1) is 14.5. The number of rotatable bonds is 6. The molecule has 0 radical (unpaired) electrons. The number of amides is 3. The molecule has 0 aliphatic carbocycles. The van der Waals surface area contributed by atoms with Gasteiger partial charge in [0.25, 0.3) is 5.91 Å². The first-order valence-electron chi connectivity index (χ1n) is 9.41. The average Bonchev–Trinajstić information content (AvgIpc) is 3.29. The summed E-state index contributed by atoms with van der Waals surface area (Å²) in [4.78, 5) is 25.4. The van der Waals surface area contributed by atoms with Crippen molar-refractivity contribution in [3.8, 4) is 5.75 Å². The zero-order valence-electron chi connectivity index (χ0n) is 16.6. The third-order valence-electron chi connectivity index (χ3n) is 4.98. The van der Waals surface area contributed by atoms with Gasteiger partial charge >= 0.3 is 6.03 Å². The van der Waals surface area contributed by atoms with Gasteiger partial charge in [0.05, 0.1) is 26.1 Å². The molecule has 1 atom stereocenters. The number of carbonyl (C=O) groups is 2. The Hall–Kier alpha value is -3.94. The predicted molar refractivity (Wildman–Crippen MR) is 111 cm³/mol.